The zero-order valence-corrected chi connectivity index (χ0v) is 15.5. The van der Waals surface area contributed by atoms with Crippen molar-refractivity contribution in [1.29, 1.82) is 0 Å². The topological polar surface area (TPSA) is 42.4 Å². The Labute approximate surface area is 157 Å². The van der Waals surface area contributed by atoms with Gasteiger partial charge in [-0.25, -0.2) is 4.98 Å². The number of fused-ring (bicyclic) bond motifs is 1. The molecule has 0 radical (unpaired) electrons. The Kier molecular flexibility index (Phi) is 5.16. The predicted octanol–water partition coefficient (Wildman–Crippen LogP) is 4.47. The number of benzene rings is 2. The van der Waals surface area contributed by atoms with Crippen molar-refractivity contribution in [2.24, 2.45) is 0 Å². The summed E-state index contributed by atoms with van der Waals surface area (Å²) in [6.45, 7) is 2.05. The van der Waals surface area contributed by atoms with Crippen molar-refractivity contribution < 1.29 is 9.53 Å². The first-order valence-electron chi connectivity index (χ1n) is 9.11. The first-order chi connectivity index (χ1) is 12.8. The summed E-state index contributed by atoms with van der Waals surface area (Å²) in [6.07, 6.45) is 2.41. The van der Waals surface area contributed by atoms with E-state index in [9.17, 15) is 4.79 Å². The summed E-state index contributed by atoms with van der Waals surface area (Å²) in [6, 6.07) is 17.9. The zero-order valence-electron chi connectivity index (χ0n) is 14.6. The van der Waals surface area contributed by atoms with Gasteiger partial charge in [-0.1, -0.05) is 30.3 Å². The number of hydrogen-bond acceptors (Lipinski definition) is 4. The van der Waals surface area contributed by atoms with E-state index in [1.165, 1.54) is 9.71 Å². The largest absolute Gasteiger partial charge is 0.493 e. The van der Waals surface area contributed by atoms with Crippen LogP contribution < -0.4 is 4.74 Å². The summed E-state index contributed by atoms with van der Waals surface area (Å²) < 4.78 is 6.88. The second-order valence-electron chi connectivity index (χ2n) is 6.59. The van der Waals surface area contributed by atoms with Crippen LogP contribution in [-0.4, -0.2) is 35.5 Å². The van der Waals surface area contributed by atoms with Crippen LogP contribution in [0.5, 0.6) is 5.75 Å². The van der Waals surface area contributed by atoms with Gasteiger partial charge in [0.2, 0.25) is 5.91 Å². The normalized spacial score (nSPS) is 15.3. The molecule has 0 N–H and O–H groups in total. The summed E-state index contributed by atoms with van der Waals surface area (Å²) >= 11 is 1.79. The van der Waals surface area contributed by atoms with E-state index in [1.807, 2.05) is 41.3 Å². The second-order valence-corrected chi connectivity index (χ2v) is 7.65. The molecule has 1 aliphatic rings. The highest BCUT2D eigenvalue weighted by Crippen LogP contribution is 2.33. The van der Waals surface area contributed by atoms with Gasteiger partial charge in [-0.05, 0) is 37.1 Å². The fourth-order valence-corrected chi connectivity index (χ4v) is 4.51. The van der Waals surface area contributed by atoms with Crippen LogP contribution >= 0.6 is 11.3 Å². The summed E-state index contributed by atoms with van der Waals surface area (Å²) in [5.41, 5.74) is 1.09. The number of rotatable bonds is 5. The van der Waals surface area contributed by atoms with Crippen LogP contribution in [-0.2, 0) is 4.79 Å². The smallest absolute Gasteiger partial charge is 0.225 e. The Balaban J connectivity index is 1.27. The van der Waals surface area contributed by atoms with Crippen molar-refractivity contribution in [2.45, 2.75) is 25.2 Å². The zero-order chi connectivity index (χ0) is 17.8. The molecule has 0 unspecified atom stereocenters. The number of para-hydroxylation sites is 2. The van der Waals surface area contributed by atoms with Gasteiger partial charge in [0.1, 0.15) is 5.75 Å². The third-order valence-corrected chi connectivity index (χ3v) is 6.03. The van der Waals surface area contributed by atoms with Crippen LogP contribution in [0.25, 0.3) is 10.2 Å². The van der Waals surface area contributed by atoms with E-state index in [-0.39, 0.29) is 5.91 Å². The maximum atomic E-state index is 12.4. The number of carbonyl (C=O) groups excluding carboxylic acids is 1. The van der Waals surface area contributed by atoms with Gasteiger partial charge in [0.15, 0.2) is 0 Å². The van der Waals surface area contributed by atoms with Crippen LogP contribution in [0.4, 0.5) is 0 Å². The van der Waals surface area contributed by atoms with Gasteiger partial charge < -0.3 is 9.64 Å². The molecule has 1 aliphatic heterocycles. The average Bonchev–Trinajstić information content (AvgIpc) is 3.13. The molecule has 2 heterocycles. The molecule has 0 spiro atoms. The molecular weight excluding hydrogens is 344 g/mol. The molecule has 5 heteroatoms. The number of piperidine rings is 1. The molecule has 1 aromatic heterocycles. The van der Waals surface area contributed by atoms with Gasteiger partial charge in [0.05, 0.1) is 28.3 Å². The number of amides is 1. The number of ether oxygens (including phenoxy) is 1. The number of nitrogens with zero attached hydrogens (tertiary/aromatic N) is 2. The van der Waals surface area contributed by atoms with Gasteiger partial charge in [-0.2, -0.15) is 0 Å². The van der Waals surface area contributed by atoms with Crippen molar-refractivity contribution in [3.63, 3.8) is 0 Å². The molecule has 3 aromatic rings. The minimum Gasteiger partial charge on any atom is -0.493 e. The van der Waals surface area contributed by atoms with E-state index < -0.39 is 0 Å². The maximum absolute atomic E-state index is 12.4. The Morgan fingerprint density at radius 3 is 2.58 bits per heavy atom. The number of hydrogen-bond donors (Lipinski definition) is 0. The second kappa shape index (κ2) is 7.87. The Morgan fingerprint density at radius 2 is 1.81 bits per heavy atom. The monoisotopic (exact) mass is 366 g/mol. The van der Waals surface area contributed by atoms with Crippen molar-refractivity contribution >= 4 is 27.5 Å². The van der Waals surface area contributed by atoms with Crippen molar-refractivity contribution in [3.8, 4) is 5.75 Å². The lowest BCUT2D eigenvalue weighted by atomic mass is 9.97. The highest BCUT2D eigenvalue weighted by molar-refractivity contribution is 7.18. The van der Waals surface area contributed by atoms with Crippen LogP contribution in [0, 0.1) is 0 Å². The lowest BCUT2D eigenvalue weighted by Crippen LogP contribution is -2.38. The molecule has 1 fully saturated rings. The Morgan fingerprint density at radius 1 is 1.08 bits per heavy atom. The standard InChI is InChI=1S/C21H22N2O2S/c24-20(12-15-25-17-6-2-1-3-7-17)23-13-10-16(11-14-23)21-22-18-8-4-5-9-19(18)26-21/h1-9,16H,10-15H2. The fourth-order valence-electron chi connectivity index (χ4n) is 3.37. The summed E-state index contributed by atoms with van der Waals surface area (Å²) in [5, 5.41) is 1.21. The molecule has 0 aliphatic carbocycles. The summed E-state index contributed by atoms with van der Waals surface area (Å²) in [5.74, 6) is 1.47. The van der Waals surface area contributed by atoms with Crippen LogP contribution in [0.15, 0.2) is 54.6 Å². The van der Waals surface area contributed by atoms with Crippen LogP contribution in [0.1, 0.15) is 30.2 Å². The van der Waals surface area contributed by atoms with E-state index in [0.29, 0.717) is 18.9 Å². The van der Waals surface area contributed by atoms with Crippen molar-refractivity contribution in [1.82, 2.24) is 9.88 Å². The van der Waals surface area contributed by atoms with Gasteiger partial charge in [-0.15, -0.1) is 11.3 Å². The van der Waals surface area contributed by atoms with Gasteiger partial charge >= 0.3 is 0 Å². The van der Waals surface area contributed by atoms with Crippen LogP contribution in [0.2, 0.25) is 0 Å². The molecule has 134 valence electrons. The lowest BCUT2D eigenvalue weighted by Gasteiger charge is -2.31. The number of thiazole rings is 1. The molecule has 4 rings (SSSR count). The number of likely N-dealkylation sites (tertiary alicyclic amines) is 1. The Hall–Kier alpha value is -2.40. The molecule has 4 nitrogen and oxygen atoms in total. The van der Waals surface area contributed by atoms with E-state index in [0.717, 1.165) is 37.2 Å². The highest BCUT2D eigenvalue weighted by atomic mass is 32.1. The molecule has 0 atom stereocenters. The SMILES string of the molecule is O=C(CCOc1ccccc1)N1CCC(c2nc3ccccc3s2)CC1. The van der Waals surface area contributed by atoms with E-state index in [2.05, 4.69) is 18.2 Å². The first-order valence-corrected chi connectivity index (χ1v) is 9.92. The molecule has 1 saturated heterocycles. The number of carbonyl (C=O) groups is 1. The van der Waals surface area contributed by atoms with Gasteiger partial charge in [-0.3, -0.25) is 4.79 Å². The molecular formula is C21H22N2O2S. The molecule has 2 aromatic carbocycles. The molecule has 0 bridgehead atoms. The minimum atomic E-state index is 0.184. The van der Waals surface area contributed by atoms with Crippen LogP contribution in [0.3, 0.4) is 0 Å². The lowest BCUT2D eigenvalue weighted by molar-refractivity contribution is -0.132. The molecule has 26 heavy (non-hydrogen) atoms. The van der Waals surface area contributed by atoms with E-state index in [1.54, 1.807) is 11.3 Å². The minimum absolute atomic E-state index is 0.184. The van der Waals surface area contributed by atoms with E-state index in [4.69, 9.17) is 9.72 Å². The average molecular weight is 366 g/mol. The van der Waals surface area contributed by atoms with Crippen molar-refractivity contribution in [2.75, 3.05) is 19.7 Å². The fraction of sp³-hybridized carbons (Fsp3) is 0.333. The summed E-state index contributed by atoms with van der Waals surface area (Å²) in [4.78, 5) is 19.2. The first kappa shape index (κ1) is 17.0. The quantitative estimate of drug-likeness (QED) is 0.669. The predicted molar refractivity (Wildman–Crippen MR) is 105 cm³/mol. The Bertz CT molecular complexity index is 837. The summed E-state index contributed by atoms with van der Waals surface area (Å²) in [7, 11) is 0. The third-order valence-electron chi connectivity index (χ3n) is 4.84. The molecule has 0 saturated carbocycles. The number of aromatic nitrogens is 1. The van der Waals surface area contributed by atoms with Gasteiger partial charge in [0, 0.05) is 19.0 Å². The van der Waals surface area contributed by atoms with Gasteiger partial charge in [0.25, 0.3) is 0 Å². The highest BCUT2D eigenvalue weighted by Gasteiger charge is 2.25. The van der Waals surface area contributed by atoms with Crippen molar-refractivity contribution in [3.05, 3.63) is 59.6 Å². The maximum Gasteiger partial charge on any atom is 0.225 e. The molecule has 1 amide bonds. The van der Waals surface area contributed by atoms with E-state index >= 15 is 0 Å². The third kappa shape index (κ3) is 3.88.